The number of sulfonamides is 1. The first-order chi connectivity index (χ1) is 16.5. The monoisotopic (exact) mass is 492 g/mol. The highest BCUT2D eigenvalue weighted by molar-refractivity contribution is 7.90. The molecule has 4 aromatic rings. The molecule has 0 radical (unpaired) electrons. The maximum atomic E-state index is 12.7. The molecule has 1 amide bonds. The third kappa shape index (κ3) is 5.68. The van der Waals surface area contributed by atoms with Crippen molar-refractivity contribution in [2.24, 2.45) is 0 Å². The minimum Gasteiger partial charge on any atom is -0.487 e. The summed E-state index contributed by atoms with van der Waals surface area (Å²) in [5.74, 6) is -0.0525. The second kappa shape index (κ2) is 9.50. The second-order valence-electron chi connectivity index (χ2n) is 9.38. The fourth-order valence-corrected chi connectivity index (χ4v) is 4.62. The van der Waals surface area contributed by atoms with Crippen LogP contribution in [0.4, 0.5) is 0 Å². The predicted molar refractivity (Wildman–Crippen MR) is 134 cm³/mol. The van der Waals surface area contributed by atoms with Crippen molar-refractivity contribution in [3.63, 3.8) is 0 Å². The Morgan fingerprint density at radius 2 is 1.69 bits per heavy atom. The second-order valence-corrected chi connectivity index (χ2v) is 11.1. The third-order valence-corrected chi connectivity index (χ3v) is 7.09. The third-order valence-electron chi connectivity index (χ3n) is 5.70. The van der Waals surface area contributed by atoms with Crippen molar-refractivity contribution in [3.8, 4) is 5.75 Å². The van der Waals surface area contributed by atoms with Crippen LogP contribution in [-0.4, -0.2) is 29.3 Å². The SMILES string of the molecule is Cc1nnn(CC(=O)NS(=O)(=O)c2ccc(C(C)(C)C)cc2)c1COc1ccc2ccccc2c1. The molecule has 0 fully saturated rings. The van der Waals surface area contributed by atoms with Crippen LogP contribution in [0.15, 0.2) is 71.6 Å². The van der Waals surface area contributed by atoms with Crippen molar-refractivity contribution in [1.29, 1.82) is 0 Å². The fraction of sp³-hybridized carbons (Fsp3) is 0.269. The number of amides is 1. The molecule has 1 N–H and O–H groups in total. The van der Waals surface area contributed by atoms with E-state index in [-0.39, 0.29) is 23.5 Å². The van der Waals surface area contributed by atoms with Crippen LogP contribution < -0.4 is 9.46 Å². The molecular weight excluding hydrogens is 464 g/mol. The largest absolute Gasteiger partial charge is 0.487 e. The minimum absolute atomic E-state index is 0.0217. The summed E-state index contributed by atoms with van der Waals surface area (Å²) in [5.41, 5.74) is 2.07. The highest BCUT2D eigenvalue weighted by atomic mass is 32.2. The molecule has 0 aliphatic heterocycles. The fourth-order valence-electron chi connectivity index (χ4n) is 3.65. The number of rotatable bonds is 7. The van der Waals surface area contributed by atoms with Gasteiger partial charge in [-0.3, -0.25) is 4.79 Å². The van der Waals surface area contributed by atoms with Gasteiger partial charge in [-0.25, -0.2) is 17.8 Å². The summed E-state index contributed by atoms with van der Waals surface area (Å²) < 4.78 is 34.8. The van der Waals surface area contributed by atoms with Gasteiger partial charge in [0.15, 0.2) is 0 Å². The van der Waals surface area contributed by atoms with E-state index in [4.69, 9.17) is 4.74 Å². The Bertz CT molecular complexity index is 1470. The van der Waals surface area contributed by atoms with Crippen molar-refractivity contribution >= 4 is 26.7 Å². The quantitative estimate of drug-likeness (QED) is 0.416. The van der Waals surface area contributed by atoms with Crippen LogP contribution in [0.25, 0.3) is 10.8 Å². The molecule has 3 aromatic carbocycles. The molecular formula is C26H28N4O4S. The van der Waals surface area contributed by atoms with E-state index in [1.54, 1.807) is 19.1 Å². The summed E-state index contributed by atoms with van der Waals surface area (Å²) in [7, 11) is -4.02. The predicted octanol–water partition coefficient (Wildman–Crippen LogP) is 4.12. The summed E-state index contributed by atoms with van der Waals surface area (Å²) >= 11 is 0. The number of carbonyl (C=O) groups excluding carboxylic acids is 1. The Labute approximate surface area is 205 Å². The molecule has 8 nitrogen and oxygen atoms in total. The van der Waals surface area contributed by atoms with Crippen LogP contribution in [0.1, 0.15) is 37.7 Å². The van der Waals surface area contributed by atoms with Gasteiger partial charge in [-0.05, 0) is 52.9 Å². The van der Waals surface area contributed by atoms with Gasteiger partial charge in [0.2, 0.25) is 0 Å². The van der Waals surface area contributed by atoms with E-state index in [2.05, 4.69) is 15.0 Å². The number of hydrogen-bond donors (Lipinski definition) is 1. The van der Waals surface area contributed by atoms with Gasteiger partial charge in [0, 0.05) is 0 Å². The van der Waals surface area contributed by atoms with Gasteiger partial charge in [0.25, 0.3) is 15.9 Å². The zero-order valence-electron chi connectivity index (χ0n) is 20.1. The van der Waals surface area contributed by atoms with Crippen molar-refractivity contribution in [2.75, 3.05) is 0 Å². The lowest BCUT2D eigenvalue weighted by molar-refractivity contribution is -0.120. The topological polar surface area (TPSA) is 103 Å². The summed E-state index contributed by atoms with van der Waals surface area (Å²) in [6.45, 7) is 7.70. The van der Waals surface area contributed by atoms with Crippen LogP contribution in [0.2, 0.25) is 0 Å². The highest BCUT2D eigenvalue weighted by Gasteiger charge is 2.21. The van der Waals surface area contributed by atoms with Crippen LogP contribution >= 0.6 is 0 Å². The molecule has 0 aliphatic carbocycles. The van der Waals surface area contributed by atoms with E-state index in [9.17, 15) is 13.2 Å². The standard InChI is InChI=1S/C26H28N4O4S/c1-18-24(17-34-22-12-9-19-7-5-6-8-20(19)15-22)30(29-27-18)16-25(31)28-35(32,33)23-13-10-21(11-14-23)26(2,3)4/h5-15H,16-17H2,1-4H3,(H,28,31). The normalized spacial score (nSPS) is 12.0. The number of nitrogens with zero attached hydrogens (tertiary/aromatic N) is 3. The number of aromatic nitrogens is 3. The first kappa shape index (κ1) is 24.4. The van der Waals surface area contributed by atoms with Gasteiger partial charge < -0.3 is 4.74 Å². The first-order valence-corrected chi connectivity index (χ1v) is 12.7. The Balaban J connectivity index is 1.43. The molecule has 0 saturated heterocycles. The molecule has 182 valence electrons. The lowest BCUT2D eigenvalue weighted by Gasteiger charge is -2.19. The van der Waals surface area contributed by atoms with E-state index in [0.29, 0.717) is 17.1 Å². The van der Waals surface area contributed by atoms with Crippen molar-refractivity contribution < 1.29 is 17.9 Å². The molecule has 0 saturated carbocycles. The highest BCUT2D eigenvalue weighted by Crippen LogP contribution is 2.24. The number of hydrogen-bond acceptors (Lipinski definition) is 6. The summed E-state index contributed by atoms with van der Waals surface area (Å²) in [6, 6.07) is 20.2. The molecule has 35 heavy (non-hydrogen) atoms. The molecule has 0 spiro atoms. The zero-order valence-corrected chi connectivity index (χ0v) is 21.0. The van der Waals surface area contributed by atoms with Gasteiger partial charge >= 0.3 is 0 Å². The molecule has 9 heteroatoms. The Kier molecular flexibility index (Phi) is 6.62. The molecule has 0 bridgehead atoms. The maximum Gasteiger partial charge on any atom is 0.264 e. The lowest BCUT2D eigenvalue weighted by atomic mass is 9.87. The maximum absolute atomic E-state index is 12.7. The molecule has 0 atom stereocenters. The van der Waals surface area contributed by atoms with E-state index in [1.165, 1.54) is 16.8 Å². The zero-order chi connectivity index (χ0) is 25.2. The average molecular weight is 493 g/mol. The molecule has 0 unspecified atom stereocenters. The van der Waals surface area contributed by atoms with Gasteiger partial charge in [0.1, 0.15) is 18.9 Å². The van der Waals surface area contributed by atoms with E-state index in [1.807, 2.05) is 63.2 Å². The average Bonchev–Trinajstić information content (AvgIpc) is 3.15. The number of nitrogens with one attached hydrogen (secondary N) is 1. The summed E-state index contributed by atoms with van der Waals surface area (Å²) in [5, 5.41) is 10.2. The Morgan fingerprint density at radius 1 is 1.00 bits per heavy atom. The van der Waals surface area contributed by atoms with Crippen LogP contribution in [0.3, 0.4) is 0 Å². The van der Waals surface area contributed by atoms with Gasteiger partial charge in [-0.1, -0.05) is 68.4 Å². The van der Waals surface area contributed by atoms with Crippen LogP contribution in [0, 0.1) is 6.92 Å². The van der Waals surface area contributed by atoms with Gasteiger partial charge in [-0.15, -0.1) is 5.10 Å². The van der Waals surface area contributed by atoms with E-state index >= 15 is 0 Å². The number of aryl methyl sites for hydroxylation is 1. The Hall–Kier alpha value is -3.72. The van der Waals surface area contributed by atoms with Crippen LogP contribution in [0.5, 0.6) is 5.75 Å². The van der Waals surface area contributed by atoms with Crippen LogP contribution in [-0.2, 0) is 33.4 Å². The van der Waals surface area contributed by atoms with E-state index in [0.717, 1.165) is 16.3 Å². The molecule has 1 aromatic heterocycles. The summed E-state index contributed by atoms with van der Waals surface area (Å²) in [6.07, 6.45) is 0. The Morgan fingerprint density at radius 3 is 2.37 bits per heavy atom. The van der Waals surface area contributed by atoms with Crippen molar-refractivity contribution in [3.05, 3.63) is 83.7 Å². The molecule has 4 rings (SSSR count). The molecule has 0 aliphatic rings. The van der Waals surface area contributed by atoms with Gasteiger partial charge in [0.05, 0.1) is 16.3 Å². The van der Waals surface area contributed by atoms with Crippen molar-refractivity contribution in [2.45, 2.75) is 51.2 Å². The first-order valence-electron chi connectivity index (χ1n) is 11.2. The van der Waals surface area contributed by atoms with E-state index < -0.39 is 15.9 Å². The van der Waals surface area contributed by atoms with Gasteiger partial charge in [-0.2, -0.15) is 0 Å². The van der Waals surface area contributed by atoms with Crippen molar-refractivity contribution in [1.82, 2.24) is 19.7 Å². The lowest BCUT2D eigenvalue weighted by Crippen LogP contribution is -2.34. The smallest absolute Gasteiger partial charge is 0.264 e. The minimum atomic E-state index is -4.02. The number of benzene rings is 3. The number of ether oxygens (including phenoxy) is 1. The summed E-state index contributed by atoms with van der Waals surface area (Å²) in [4.78, 5) is 12.6. The number of carbonyl (C=O) groups is 1. The molecule has 1 heterocycles. The number of fused-ring (bicyclic) bond motifs is 1.